The zero-order valence-corrected chi connectivity index (χ0v) is 27.2. The molecule has 0 saturated heterocycles. The van der Waals surface area contributed by atoms with E-state index in [0.717, 1.165) is 34.0 Å². The van der Waals surface area contributed by atoms with Crippen LogP contribution in [-0.4, -0.2) is 13.8 Å². The van der Waals surface area contributed by atoms with Gasteiger partial charge in [-0.3, -0.25) is 0 Å². The number of benzene rings is 3. The van der Waals surface area contributed by atoms with Gasteiger partial charge in [-0.15, -0.1) is 0 Å². The maximum atomic E-state index is 6.42. The van der Waals surface area contributed by atoms with Crippen LogP contribution in [0, 0.1) is 5.41 Å². The molecule has 0 spiro atoms. The van der Waals surface area contributed by atoms with Crippen molar-refractivity contribution in [3.8, 4) is 11.5 Å². The summed E-state index contributed by atoms with van der Waals surface area (Å²) in [6.07, 6.45) is 10.2. The van der Waals surface area contributed by atoms with E-state index in [1.807, 2.05) is 64.5 Å². The molecule has 0 N–H and O–H groups in total. The van der Waals surface area contributed by atoms with Gasteiger partial charge in [0.25, 0.3) is 0 Å². The molecular formula is C35H42O2SiTi. The summed E-state index contributed by atoms with van der Waals surface area (Å²) in [4.78, 5) is 0. The van der Waals surface area contributed by atoms with Crippen molar-refractivity contribution >= 4 is 18.5 Å². The van der Waals surface area contributed by atoms with Gasteiger partial charge in [0.2, 0.25) is 0 Å². The van der Waals surface area contributed by atoms with Crippen molar-refractivity contribution in [1.29, 1.82) is 0 Å². The molecule has 39 heavy (non-hydrogen) atoms. The Morgan fingerprint density at radius 2 is 1.46 bits per heavy atom. The predicted octanol–water partition coefficient (Wildman–Crippen LogP) is 9.53. The van der Waals surface area contributed by atoms with Gasteiger partial charge in [-0.1, -0.05) is 93.6 Å². The molecular weight excluding hydrogens is 528 g/mol. The van der Waals surface area contributed by atoms with Crippen molar-refractivity contribution < 1.29 is 27.9 Å². The molecule has 0 fully saturated rings. The second-order valence-corrected chi connectivity index (χ2v) is 21.2. The van der Waals surface area contributed by atoms with Crippen molar-refractivity contribution in [2.75, 3.05) is 7.11 Å². The second kappa shape index (κ2) is 15.1. The van der Waals surface area contributed by atoms with Crippen LogP contribution in [0.4, 0.5) is 0 Å². The number of hydrogen-bond donors (Lipinski definition) is 0. The molecule has 4 heteroatoms. The van der Waals surface area contributed by atoms with E-state index in [1.165, 1.54) is 6.42 Å². The van der Waals surface area contributed by atoms with Crippen LogP contribution < -0.4 is 9.47 Å². The zero-order valence-electron chi connectivity index (χ0n) is 24.5. The summed E-state index contributed by atoms with van der Waals surface area (Å²) in [7, 11) is 1.68. The molecule has 202 valence electrons. The van der Waals surface area contributed by atoms with Crippen molar-refractivity contribution in [1.82, 2.24) is 0 Å². The van der Waals surface area contributed by atoms with Crippen LogP contribution in [0.25, 0.3) is 11.8 Å². The summed E-state index contributed by atoms with van der Waals surface area (Å²) in [5.41, 5.74) is 4.77. The molecule has 4 rings (SSSR count). The van der Waals surface area contributed by atoms with Crippen LogP contribution in [-0.2, 0) is 18.4 Å². The first kappa shape index (κ1) is 30.7. The topological polar surface area (TPSA) is 18.5 Å². The molecule has 0 atom stereocenters. The average molecular weight is 571 g/mol. The van der Waals surface area contributed by atoms with E-state index >= 15 is 0 Å². The maximum absolute atomic E-state index is 6.42. The van der Waals surface area contributed by atoms with Gasteiger partial charge in [0.1, 0.15) is 17.3 Å². The minimum absolute atomic E-state index is 0.108. The normalized spacial score (nSPS) is 13.7. The van der Waals surface area contributed by atoms with Crippen molar-refractivity contribution in [3.05, 3.63) is 129 Å². The van der Waals surface area contributed by atoms with Crippen molar-refractivity contribution in [2.45, 2.75) is 47.2 Å². The summed E-state index contributed by atoms with van der Waals surface area (Å²) in [5.74, 6) is 2.55. The monoisotopic (exact) mass is 570 g/mol. The Morgan fingerprint density at radius 1 is 0.846 bits per heavy atom. The molecule has 0 radical (unpaired) electrons. The molecule has 0 amide bonds. The molecule has 0 unspecified atom stereocenters. The van der Waals surface area contributed by atoms with E-state index in [4.69, 9.17) is 9.47 Å². The molecule has 1 aliphatic rings. The molecule has 0 saturated carbocycles. The zero-order chi connectivity index (χ0) is 28.3. The van der Waals surface area contributed by atoms with Gasteiger partial charge < -0.3 is 9.47 Å². The van der Waals surface area contributed by atoms with Crippen LogP contribution in [0.15, 0.2) is 118 Å². The third kappa shape index (κ3) is 10.0. The Morgan fingerprint density at radius 3 is 1.97 bits per heavy atom. The van der Waals surface area contributed by atoms with Crippen LogP contribution in [0.1, 0.15) is 45.2 Å². The summed E-state index contributed by atoms with van der Waals surface area (Å²) in [5, 5.41) is 0. The third-order valence-electron chi connectivity index (χ3n) is 6.24. The van der Waals surface area contributed by atoms with Gasteiger partial charge >= 0.3 is 73.1 Å². The SMILES string of the molecule is CC1=[C]([Ti][SiH](C)C)CC=C1.COc1ccc(C=CC(=C(Oc2ccccc2)c2ccccc2)C(C)(C)C)cc1. The van der Waals surface area contributed by atoms with Gasteiger partial charge in [-0.25, -0.2) is 0 Å². The van der Waals surface area contributed by atoms with Crippen molar-refractivity contribution in [2.24, 2.45) is 5.41 Å². The molecule has 0 heterocycles. The molecule has 0 bridgehead atoms. The van der Waals surface area contributed by atoms with Gasteiger partial charge in [-0.2, -0.15) is 0 Å². The van der Waals surface area contributed by atoms with Crippen LogP contribution in [0.5, 0.6) is 11.5 Å². The molecule has 0 aliphatic heterocycles. The first-order chi connectivity index (χ1) is 18.7. The number of para-hydroxylation sites is 1. The number of methoxy groups -OCH3 is 1. The minimum Gasteiger partial charge on any atom is -0.497 e. The summed E-state index contributed by atoms with van der Waals surface area (Å²) in [6, 6.07) is 28.3. The predicted molar refractivity (Wildman–Crippen MR) is 167 cm³/mol. The Kier molecular flexibility index (Phi) is 11.9. The average Bonchev–Trinajstić information content (AvgIpc) is 3.32. The molecule has 3 aromatic rings. The van der Waals surface area contributed by atoms with Gasteiger partial charge in [0.15, 0.2) is 0 Å². The largest absolute Gasteiger partial charge is 0.497 e. The Bertz CT molecular complexity index is 1300. The van der Waals surface area contributed by atoms with Crippen LogP contribution in [0.3, 0.4) is 0 Å². The van der Waals surface area contributed by atoms with Crippen LogP contribution >= 0.6 is 0 Å². The van der Waals surface area contributed by atoms with E-state index in [0.29, 0.717) is 18.4 Å². The number of ether oxygens (including phenoxy) is 2. The number of allylic oxidation sites excluding steroid dienone is 6. The van der Waals surface area contributed by atoms with Gasteiger partial charge in [-0.05, 0) is 35.2 Å². The fourth-order valence-electron chi connectivity index (χ4n) is 4.16. The van der Waals surface area contributed by atoms with Crippen LogP contribution in [0.2, 0.25) is 13.1 Å². The summed E-state index contributed by atoms with van der Waals surface area (Å²) in [6.45, 7) is 13.6. The van der Waals surface area contributed by atoms with E-state index in [2.05, 4.69) is 89.4 Å². The maximum Gasteiger partial charge on any atom is 0.138 e. The molecule has 1 aliphatic carbocycles. The van der Waals surface area contributed by atoms with Crippen molar-refractivity contribution in [3.63, 3.8) is 0 Å². The minimum atomic E-state index is -0.235. The molecule has 3 aromatic carbocycles. The Labute approximate surface area is 245 Å². The Balaban J connectivity index is 0.000000353. The number of hydrogen-bond acceptors (Lipinski definition) is 2. The van der Waals surface area contributed by atoms with E-state index in [-0.39, 0.29) is 12.1 Å². The van der Waals surface area contributed by atoms with E-state index in [1.54, 1.807) is 12.7 Å². The molecule has 0 aromatic heterocycles. The quantitative estimate of drug-likeness (QED) is 0.153. The Hall–Kier alpha value is -2.85. The number of rotatable bonds is 8. The van der Waals surface area contributed by atoms with E-state index in [9.17, 15) is 0 Å². The summed E-state index contributed by atoms with van der Waals surface area (Å²) >= 11 is 0.350. The third-order valence-corrected chi connectivity index (χ3v) is 12.4. The van der Waals surface area contributed by atoms with Gasteiger partial charge in [0, 0.05) is 11.1 Å². The van der Waals surface area contributed by atoms with Gasteiger partial charge in [0.05, 0.1) is 7.11 Å². The smallest absolute Gasteiger partial charge is 0.138 e. The first-order valence-corrected chi connectivity index (χ1v) is 20.0. The molecule has 2 nitrogen and oxygen atoms in total. The fourth-order valence-corrected chi connectivity index (χ4v) is 10.4. The van der Waals surface area contributed by atoms with E-state index < -0.39 is 0 Å². The fraction of sp³-hybridized carbons (Fsp3) is 0.257. The standard InChI is InChI=1S/C27H28O2.C6H7.C2H7Si.Ti/c1-27(2,3)25(20-17-21-15-18-23(28-4)19-16-21)26(22-11-7-5-8-12-22)29-24-13-9-6-10-14-24;1-6-4-2-3-5-6;1-3-2;/h5-20H,1-4H3;2,4H,3H2,1H3;3H,1-2H3;. The second-order valence-electron chi connectivity index (χ2n) is 10.9. The summed E-state index contributed by atoms with van der Waals surface area (Å²) < 4.78 is 13.5. The first-order valence-electron chi connectivity index (χ1n) is 13.7.